The summed E-state index contributed by atoms with van der Waals surface area (Å²) in [6.45, 7) is 2.02. The molecule has 0 spiro atoms. The minimum Gasteiger partial charge on any atom is -0.348 e. The zero-order chi connectivity index (χ0) is 22.0. The Morgan fingerprint density at radius 2 is 1.77 bits per heavy atom. The normalized spacial score (nSPS) is 17.4. The van der Waals surface area contributed by atoms with Crippen LogP contribution in [0.4, 0.5) is 0 Å². The molecule has 0 saturated carbocycles. The van der Waals surface area contributed by atoms with Crippen LogP contribution < -0.4 is 10.9 Å². The van der Waals surface area contributed by atoms with Crippen LogP contribution in [-0.4, -0.2) is 41.7 Å². The minimum atomic E-state index is -3.06. The third-order valence-electron chi connectivity index (χ3n) is 4.96. The second-order valence-electron chi connectivity index (χ2n) is 7.46. The molecule has 1 atom stereocenters. The number of benzene rings is 2. The van der Waals surface area contributed by atoms with E-state index in [-0.39, 0.29) is 29.0 Å². The molecule has 3 aromatic rings. The second-order valence-corrected chi connectivity index (χ2v) is 10.8. The SMILES string of the molecule is Cc1ccc(Sc2ccc(=O)n(-c3ccc(C(=O)N[C@@H]4CCS(=O)(=O)C4)cc3)n2)cc1. The lowest BCUT2D eigenvalue weighted by Crippen LogP contribution is -2.35. The van der Waals surface area contributed by atoms with E-state index in [0.717, 1.165) is 4.90 Å². The van der Waals surface area contributed by atoms with E-state index in [0.29, 0.717) is 22.7 Å². The van der Waals surface area contributed by atoms with E-state index >= 15 is 0 Å². The summed E-state index contributed by atoms with van der Waals surface area (Å²) in [6, 6.07) is 17.3. The van der Waals surface area contributed by atoms with Gasteiger partial charge in [-0.15, -0.1) is 0 Å². The zero-order valence-electron chi connectivity index (χ0n) is 16.8. The summed E-state index contributed by atoms with van der Waals surface area (Å²) in [4.78, 5) is 25.8. The number of nitrogens with one attached hydrogen (secondary N) is 1. The lowest BCUT2D eigenvalue weighted by molar-refractivity contribution is 0.0941. The summed E-state index contributed by atoms with van der Waals surface area (Å²) >= 11 is 1.46. The summed E-state index contributed by atoms with van der Waals surface area (Å²) in [5, 5.41) is 7.86. The van der Waals surface area contributed by atoms with Gasteiger partial charge in [0.2, 0.25) is 0 Å². The van der Waals surface area contributed by atoms with E-state index < -0.39 is 9.84 Å². The van der Waals surface area contributed by atoms with Crippen molar-refractivity contribution in [2.75, 3.05) is 11.5 Å². The first-order valence-corrected chi connectivity index (χ1v) is 12.4. The van der Waals surface area contributed by atoms with Crippen LogP contribution in [-0.2, 0) is 9.84 Å². The number of hydrogen-bond donors (Lipinski definition) is 1. The van der Waals surface area contributed by atoms with Crippen molar-refractivity contribution >= 4 is 27.5 Å². The summed E-state index contributed by atoms with van der Waals surface area (Å²) < 4.78 is 24.4. The Bertz CT molecular complexity index is 1270. The van der Waals surface area contributed by atoms with Crippen LogP contribution in [0.15, 0.2) is 75.4 Å². The topological polar surface area (TPSA) is 98.1 Å². The molecular formula is C22H21N3O4S2. The maximum atomic E-state index is 12.4. The van der Waals surface area contributed by atoms with Crippen molar-refractivity contribution in [3.05, 3.63) is 82.1 Å². The molecule has 1 aliphatic heterocycles. The maximum absolute atomic E-state index is 12.4. The minimum absolute atomic E-state index is 0.0262. The van der Waals surface area contributed by atoms with Gasteiger partial charge in [-0.3, -0.25) is 9.59 Å². The van der Waals surface area contributed by atoms with Crippen molar-refractivity contribution in [3.63, 3.8) is 0 Å². The van der Waals surface area contributed by atoms with E-state index in [4.69, 9.17) is 0 Å². The highest BCUT2D eigenvalue weighted by atomic mass is 32.2. The quantitative estimate of drug-likeness (QED) is 0.635. The van der Waals surface area contributed by atoms with Crippen LogP contribution in [0.25, 0.3) is 5.69 Å². The molecule has 9 heteroatoms. The fourth-order valence-corrected chi connectivity index (χ4v) is 5.74. The molecule has 0 radical (unpaired) electrons. The van der Waals surface area contributed by atoms with Crippen molar-refractivity contribution < 1.29 is 13.2 Å². The highest BCUT2D eigenvalue weighted by Gasteiger charge is 2.29. The van der Waals surface area contributed by atoms with Gasteiger partial charge in [0, 0.05) is 22.6 Å². The molecule has 1 N–H and O–H groups in total. The fourth-order valence-electron chi connectivity index (χ4n) is 3.29. The Morgan fingerprint density at radius 3 is 2.42 bits per heavy atom. The first kappa shape index (κ1) is 21.3. The van der Waals surface area contributed by atoms with Gasteiger partial charge >= 0.3 is 0 Å². The lowest BCUT2D eigenvalue weighted by Gasteiger charge is -2.11. The number of aryl methyl sites for hydroxylation is 1. The number of nitrogens with zero attached hydrogens (tertiary/aromatic N) is 2. The molecule has 2 heterocycles. The number of sulfone groups is 1. The molecule has 160 valence electrons. The Morgan fingerprint density at radius 1 is 1.06 bits per heavy atom. The summed E-state index contributed by atoms with van der Waals surface area (Å²) in [7, 11) is -3.06. The van der Waals surface area contributed by atoms with E-state index in [9.17, 15) is 18.0 Å². The van der Waals surface area contributed by atoms with E-state index in [1.165, 1.54) is 28.1 Å². The van der Waals surface area contributed by atoms with Gasteiger partial charge < -0.3 is 5.32 Å². The number of hydrogen-bond acceptors (Lipinski definition) is 6. The highest BCUT2D eigenvalue weighted by Crippen LogP contribution is 2.25. The van der Waals surface area contributed by atoms with Gasteiger partial charge in [0.1, 0.15) is 5.03 Å². The van der Waals surface area contributed by atoms with Gasteiger partial charge in [-0.05, 0) is 55.8 Å². The van der Waals surface area contributed by atoms with Gasteiger partial charge in [0.15, 0.2) is 9.84 Å². The molecule has 1 fully saturated rings. The lowest BCUT2D eigenvalue weighted by atomic mass is 10.1. The van der Waals surface area contributed by atoms with E-state index in [1.54, 1.807) is 30.3 Å². The smallest absolute Gasteiger partial charge is 0.271 e. The van der Waals surface area contributed by atoms with E-state index in [1.807, 2.05) is 31.2 Å². The largest absolute Gasteiger partial charge is 0.348 e. The van der Waals surface area contributed by atoms with Crippen molar-refractivity contribution in [1.29, 1.82) is 0 Å². The molecule has 7 nitrogen and oxygen atoms in total. The molecule has 1 aliphatic rings. The molecule has 1 saturated heterocycles. The van der Waals surface area contributed by atoms with Gasteiger partial charge in [-0.1, -0.05) is 29.5 Å². The number of rotatable bonds is 5. The summed E-state index contributed by atoms with van der Waals surface area (Å²) in [6.07, 6.45) is 0.427. The number of carbonyl (C=O) groups excluding carboxylic acids is 1. The van der Waals surface area contributed by atoms with Crippen molar-refractivity contribution in [2.24, 2.45) is 0 Å². The number of amides is 1. The molecule has 1 aromatic heterocycles. The van der Waals surface area contributed by atoms with Crippen LogP contribution in [0, 0.1) is 6.92 Å². The molecule has 0 aliphatic carbocycles. The zero-order valence-corrected chi connectivity index (χ0v) is 18.4. The summed E-state index contributed by atoms with van der Waals surface area (Å²) in [5.41, 5.74) is 1.82. The Hall–Kier alpha value is -2.91. The fraction of sp³-hybridized carbons (Fsp3) is 0.227. The Kier molecular flexibility index (Phi) is 5.97. The Labute approximate surface area is 184 Å². The number of carbonyl (C=O) groups is 1. The Balaban J connectivity index is 1.50. The average molecular weight is 456 g/mol. The maximum Gasteiger partial charge on any atom is 0.271 e. The van der Waals surface area contributed by atoms with Crippen molar-refractivity contribution in [2.45, 2.75) is 29.3 Å². The molecule has 4 rings (SSSR count). The molecule has 2 aromatic carbocycles. The van der Waals surface area contributed by atoms with Crippen LogP contribution in [0.1, 0.15) is 22.3 Å². The van der Waals surface area contributed by atoms with Crippen LogP contribution in [0.2, 0.25) is 0 Å². The average Bonchev–Trinajstić information content (AvgIpc) is 3.09. The van der Waals surface area contributed by atoms with Gasteiger partial charge in [-0.2, -0.15) is 9.78 Å². The van der Waals surface area contributed by atoms with Crippen LogP contribution in [0.3, 0.4) is 0 Å². The first-order chi connectivity index (χ1) is 14.8. The van der Waals surface area contributed by atoms with Gasteiger partial charge in [0.05, 0.1) is 17.2 Å². The molecular weight excluding hydrogens is 434 g/mol. The third kappa shape index (κ3) is 5.23. The second kappa shape index (κ2) is 8.68. The van der Waals surface area contributed by atoms with Gasteiger partial charge in [0.25, 0.3) is 11.5 Å². The molecule has 1 amide bonds. The van der Waals surface area contributed by atoms with E-state index in [2.05, 4.69) is 10.4 Å². The predicted octanol–water partition coefficient (Wildman–Crippen LogP) is 2.61. The van der Waals surface area contributed by atoms with Crippen LogP contribution >= 0.6 is 11.8 Å². The predicted molar refractivity (Wildman–Crippen MR) is 120 cm³/mol. The molecule has 0 unspecified atom stereocenters. The number of aromatic nitrogens is 2. The highest BCUT2D eigenvalue weighted by molar-refractivity contribution is 7.99. The monoisotopic (exact) mass is 455 g/mol. The van der Waals surface area contributed by atoms with Crippen molar-refractivity contribution in [1.82, 2.24) is 15.1 Å². The van der Waals surface area contributed by atoms with Gasteiger partial charge in [-0.25, -0.2) is 8.42 Å². The third-order valence-corrected chi connectivity index (χ3v) is 7.66. The standard InChI is InChI=1S/C22H21N3O4S2/c1-15-2-8-19(9-3-15)30-20-10-11-21(26)25(24-20)18-6-4-16(5-7-18)22(27)23-17-12-13-31(28,29)14-17/h2-11,17H,12-14H2,1H3,(H,23,27)/t17-/m1/s1. The summed E-state index contributed by atoms with van der Waals surface area (Å²) in [5.74, 6) is -0.262. The molecule has 31 heavy (non-hydrogen) atoms. The molecule has 0 bridgehead atoms. The van der Waals surface area contributed by atoms with Crippen molar-refractivity contribution in [3.8, 4) is 5.69 Å². The van der Waals surface area contributed by atoms with Crippen LogP contribution in [0.5, 0.6) is 0 Å². The first-order valence-electron chi connectivity index (χ1n) is 9.76.